The molecule has 0 aromatic carbocycles. The Labute approximate surface area is 195 Å². The molecule has 2 fully saturated rings. The zero-order valence-electron chi connectivity index (χ0n) is 17.4. The predicted molar refractivity (Wildman–Crippen MR) is 129 cm³/mol. The zero-order valence-corrected chi connectivity index (χ0v) is 20.5. The fourth-order valence-corrected chi connectivity index (χ4v) is 5.11. The Balaban J connectivity index is 0.00000300. The maximum Gasteiger partial charge on any atom is 0.217 e. The summed E-state index contributed by atoms with van der Waals surface area (Å²) in [6, 6.07) is 4.63. The van der Waals surface area contributed by atoms with E-state index in [1.54, 1.807) is 11.3 Å². The van der Waals surface area contributed by atoms with Crippen molar-refractivity contribution in [1.29, 1.82) is 0 Å². The molecule has 0 bridgehead atoms. The molecule has 3 atom stereocenters. The Hall–Kier alpha value is -0.910. The Morgan fingerprint density at radius 1 is 1.45 bits per heavy atom. The van der Waals surface area contributed by atoms with Crippen LogP contribution in [0.15, 0.2) is 22.5 Å². The molecular weight excluding hydrogens is 501 g/mol. The number of hydrogen-bond donors (Lipinski definition) is 2. The number of nitrogens with two attached hydrogens (primary N) is 1. The molecule has 9 heteroatoms. The van der Waals surface area contributed by atoms with Crippen LogP contribution in [0.3, 0.4) is 0 Å². The van der Waals surface area contributed by atoms with Gasteiger partial charge in [-0.25, -0.2) is 0 Å². The van der Waals surface area contributed by atoms with Gasteiger partial charge in [0.2, 0.25) is 5.91 Å². The minimum atomic E-state index is -0.214. The van der Waals surface area contributed by atoms with Crippen LogP contribution in [-0.2, 0) is 9.53 Å². The number of nitrogens with zero attached hydrogens (tertiary/aromatic N) is 3. The molecule has 2 saturated heterocycles. The van der Waals surface area contributed by atoms with Crippen molar-refractivity contribution < 1.29 is 9.53 Å². The Morgan fingerprint density at radius 3 is 2.93 bits per heavy atom. The Kier molecular flexibility index (Phi) is 10.1. The molecule has 0 saturated carbocycles. The molecular formula is C20H34IN5O2S. The van der Waals surface area contributed by atoms with Gasteiger partial charge in [0, 0.05) is 51.1 Å². The number of piperidine rings is 1. The fourth-order valence-electron chi connectivity index (χ4n) is 4.25. The van der Waals surface area contributed by atoms with Gasteiger partial charge in [-0.05, 0) is 37.1 Å². The zero-order chi connectivity index (χ0) is 19.9. The predicted octanol–water partition coefficient (Wildman–Crippen LogP) is 2.29. The van der Waals surface area contributed by atoms with Crippen LogP contribution in [0.1, 0.15) is 37.1 Å². The van der Waals surface area contributed by atoms with Crippen molar-refractivity contribution in [3.8, 4) is 0 Å². The number of carbonyl (C=O) groups is 1. The molecule has 0 aliphatic carbocycles. The molecule has 3 unspecified atom stereocenters. The molecule has 1 amide bonds. The lowest BCUT2D eigenvalue weighted by Gasteiger charge is -2.38. The van der Waals surface area contributed by atoms with Gasteiger partial charge in [0.15, 0.2) is 5.96 Å². The summed E-state index contributed by atoms with van der Waals surface area (Å²) in [5, 5.41) is 5.74. The van der Waals surface area contributed by atoms with Crippen molar-refractivity contribution in [1.82, 2.24) is 15.1 Å². The molecule has 2 aliphatic rings. The molecule has 0 spiro atoms. The number of halogens is 1. The quantitative estimate of drug-likeness (QED) is 0.332. The number of rotatable bonds is 6. The average molecular weight is 535 g/mol. The standard InChI is InChI=1S/C20H33N5O2S.HI/c1-15-13-24(8-9-27-15)17(18-6-4-10-28-18)12-23-20(22-2)25-7-3-5-16(14-25)11-19(21)26;/h4,6,10,15-17H,3,5,7-9,11-14H2,1-2H3,(H2,21,26)(H,22,23);1H. The van der Waals surface area contributed by atoms with E-state index in [4.69, 9.17) is 10.5 Å². The lowest BCUT2D eigenvalue weighted by molar-refractivity contribution is -0.119. The van der Waals surface area contributed by atoms with Gasteiger partial charge in [-0.1, -0.05) is 6.07 Å². The van der Waals surface area contributed by atoms with Gasteiger partial charge in [-0.2, -0.15) is 0 Å². The lowest BCUT2D eigenvalue weighted by atomic mass is 9.95. The van der Waals surface area contributed by atoms with Gasteiger partial charge < -0.3 is 20.7 Å². The number of nitrogens with one attached hydrogen (secondary N) is 1. The number of guanidine groups is 1. The number of likely N-dealkylation sites (tertiary alicyclic amines) is 1. The molecule has 7 nitrogen and oxygen atoms in total. The third-order valence-corrected chi connectivity index (χ3v) is 6.53. The normalized spacial score (nSPS) is 24.6. The van der Waals surface area contributed by atoms with Gasteiger partial charge in [-0.3, -0.25) is 14.7 Å². The highest BCUT2D eigenvalue weighted by Gasteiger charge is 2.28. The van der Waals surface area contributed by atoms with Gasteiger partial charge >= 0.3 is 0 Å². The summed E-state index contributed by atoms with van der Waals surface area (Å²) < 4.78 is 5.73. The highest BCUT2D eigenvalue weighted by atomic mass is 127. The van der Waals surface area contributed by atoms with E-state index in [0.29, 0.717) is 18.4 Å². The number of primary amides is 1. The van der Waals surface area contributed by atoms with E-state index in [2.05, 4.69) is 44.5 Å². The number of carbonyl (C=O) groups excluding carboxylic acids is 1. The van der Waals surface area contributed by atoms with Crippen molar-refractivity contribution in [2.75, 3.05) is 46.4 Å². The number of hydrogen-bond acceptors (Lipinski definition) is 5. The first kappa shape index (κ1) is 24.4. The first-order valence-electron chi connectivity index (χ1n) is 10.2. The third-order valence-electron chi connectivity index (χ3n) is 5.56. The second kappa shape index (κ2) is 12.1. The highest BCUT2D eigenvalue weighted by Crippen LogP contribution is 2.27. The second-order valence-electron chi connectivity index (χ2n) is 7.76. The molecule has 3 heterocycles. The SMILES string of the molecule is CN=C(NCC(c1cccs1)N1CCOC(C)C1)N1CCCC(CC(N)=O)C1.I. The van der Waals surface area contributed by atoms with Crippen molar-refractivity contribution in [2.24, 2.45) is 16.6 Å². The van der Waals surface area contributed by atoms with E-state index in [-0.39, 0.29) is 36.0 Å². The largest absolute Gasteiger partial charge is 0.376 e. The van der Waals surface area contributed by atoms with Gasteiger partial charge in [0.1, 0.15) is 0 Å². The lowest BCUT2D eigenvalue weighted by Crippen LogP contribution is -2.50. The number of thiophene rings is 1. The summed E-state index contributed by atoms with van der Waals surface area (Å²) in [5.74, 6) is 1.02. The Morgan fingerprint density at radius 2 is 2.28 bits per heavy atom. The van der Waals surface area contributed by atoms with E-state index in [0.717, 1.165) is 58.1 Å². The summed E-state index contributed by atoms with van der Waals surface area (Å²) in [4.78, 5) is 22.0. The van der Waals surface area contributed by atoms with Gasteiger partial charge in [-0.15, -0.1) is 35.3 Å². The number of morpholine rings is 1. The fraction of sp³-hybridized carbons (Fsp3) is 0.700. The number of amides is 1. The van der Waals surface area contributed by atoms with Gasteiger partial charge in [0.25, 0.3) is 0 Å². The maximum atomic E-state index is 11.3. The summed E-state index contributed by atoms with van der Waals surface area (Å²) in [5.41, 5.74) is 5.41. The minimum absolute atomic E-state index is 0. The first-order valence-corrected chi connectivity index (χ1v) is 11.1. The molecule has 2 aliphatic heterocycles. The molecule has 1 aromatic rings. The molecule has 29 heavy (non-hydrogen) atoms. The average Bonchev–Trinajstić information content (AvgIpc) is 3.19. The Bertz CT molecular complexity index is 657. The van der Waals surface area contributed by atoms with Crippen LogP contribution < -0.4 is 11.1 Å². The van der Waals surface area contributed by atoms with Crippen molar-refractivity contribution >= 4 is 47.2 Å². The van der Waals surface area contributed by atoms with Crippen LogP contribution in [0.25, 0.3) is 0 Å². The summed E-state index contributed by atoms with van der Waals surface area (Å²) in [6.45, 7) is 7.39. The smallest absolute Gasteiger partial charge is 0.217 e. The van der Waals surface area contributed by atoms with E-state index < -0.39 is 0 Å². The van der Waals surface area contributed by atoms with Crippen LogP contribution in [0.2, 0.25) is 0 Å². The first-order chi connectivity index (χ1) is 13.6. The van der Waals surface area contributed by atoms with Crippen LogP contribution >= 0.6 is 35.3 Å². The molecule has 1 aromatic heterocycles. The minimum Gasteiger partial charge on any atom is -0.376 e. The van der Waals surface area contributed by atoms with Crippen molar-refractivity contribution in [3.63, 3.8) is 0 Å². The monoisotopic (exact) mass is 535 g/mol. The second-order valence-corrected chi connectivity index (χ2v) is 8.74. The van der Waals surface area contributed by atoms with E-state index >= 15 is 0 Å². The van der Waals surface area contributed by atoms with E-state index in [9.17, 15) is 4.79 Å². The molecule has 3 N–H and O–H groups in total. The summed E-state index contributed by atoms with van der Waals surface area (Å²) in [7, 11) is 1.83. The van der Waals surface area contributed by atoms with Crippen LogP contribution in [0.4, 0.5) is 0 Å². The highest BCUT2D eigenvalue weighted by molar-refractivity contribution is 14.0. The number of ether oxygens (including phenoxy) is 1. The van der Waals surface area contributed by atoms with Crippen molar-refractivity contribution in [2.45, 2.75) is 38.3 Å². The molecule has 164 valence electrons. The van der Waals surface area contributed by atoms with E-state index in [1.165, 1.54) is 4.88 Å². The molecule has 3 rings (SSSR count). The maximum absolute atomic E-state index is 11.3. The van der Waals surface area contributed by atoms with Crippen LogP contribution in [0, 0.1) is 5.92 Å². The van der Waals surface area contributed by atoms with E-state index in [1.807, 2.05) is 7.05 Å². The van der Waals surface area contributed by atoms with Crippen LogP contribution in [0.5, 0.6) is 0 Å². The number of aliphatic imine (C=N–C) groups is 1. The van der Waals surface area contributed by atoms with Crippen LogP contribution in [-0.4, -0.2) is 74.1 Å². The van der Waals surface area contributed by atoms with Gasteiger partial charge in [0.05, 0.1) is 18.8 Å². The van der Waals surface area contributed by atoms with Crippen molar-refractivity contribution in [3.05, 3.63) is 22.4 Å². The summed E-state index contributed by atoms with van der Waals surface area (Å²) in [6.07, 6.45) is 2.83. The topological polar surface area (TPSA) is 83.2 Å². The third kappa shape index (κ3) is 7.08. The molecule has 0 radical (unpaired) electrons. The summed E-state index contributed by atoms with van der Waals surface area (Å²) >= 11 is 1.80.